The Morgan fingerprint density at radius 2 is 2.05 bits per heavy atom. The Labute approximate surface area is 149 Å². The highest BCUT2D eigenvalue weighted by molar-refractivity contribution is 14.1. The predicted molar refractivity (Wildman–Crippen MR) is 95.2 cm³/mol. The van der Waals surface area contributed by atoms with Crippen LogP contribution in [0.1, 0.15) is 15.4 Å². The van der Waals surface area contributed by atoms with E-state index in [4.69, 9.17) is 16.1 Å². The number of carbonyl (C=O) groups is 1. The van der Waals surface area contributed by atoms with Gasteiger partial charge in [-0.3, -0.25) is 4.79 Å². The van der Waals surface area contributed by atoms with Gasteiger partial charge < -0.3 is 9.84 Å². The van der Waals surface area contributed by atoms with Crippen LogP contribution in [0.25, 0.3) is 11.3 Å². The zero-order valence-electron chi connectivity index (χ0n) is 11.2. The molecular weight excluding hydrogens is 435 g/mol. The number of hydrogen-bond donors (Lipinski definition) is 1. The average Bonchev–Trinajstić information content (AvgIpc) is 3.15. The molecule has 3 aromatic rings. The van der Waals surface area contributed by atoms with Gasteiger partial charge in [0.1, 0.15) is 5.69 Å². The normalized spacial score (nSPS) is 10.6. The highest BCUT2D eigenvalue weighted by Crippen LogP contribution is 2.22. The second-order valence-corrected chi connectivity index (χ2v) is 7.43. The monoisotopic (exact) mass is 444 g/mol. The number of amides is 1. The van der Waals surface area contributed by atoms with E-state index in [1.807, 2.05) is 30.3 Å². The Balaban J connectivity index is 1.64. The van der Waals surface area contributed by atoms with Gasteiger partial charge in [-0.15, -0.1) is 11.3 Å². The maximum atomic E-state index is 11.9. The van der Waals surface area contributed by atoms with Crippen molar-refractivity contribution >= 4 is 51.4 Å². The first kappa shape index (κ1) is 15.5. The van der Waals surface area contributed by atoms with Crippen molar-refractivity contribution in [2.45, 2.75) is 6.54 Å². The quantitative estimate of drug-likeness (QED) is 0.599. The van der Waals surface area contributed by atoms with Crippen molar-refractivity contribution in [3.05, 3.63) is 61.0 Å². The Morgan fingerprint density at radius 3 is 2.73 bits per heavy atom. The van der Waals surface area contributed by atoms with Crippen LogP contribution in [0.2, 0.25) is 4.34 Å². The third-order valence-corrected chi connectivity index (χ3v) is 4.87. The molecule has 0 aliphatic heterocycles. The van der Waals surface area contributed by atoms with Crippen LogP contribution in [-0.2, 0) is 6.54 Å². The lowest BCUT2D eigenvalue weighted by molar-refractivity contribution is 0.0951. The molecule has 112 valence electrons. The molecule has 4 nitrogen and oxygen atoms in total. The average molecular weight is 445 g/mol. The minimum Gasteiger partial charge on any atom is -0.359 e. The van der Waals surface area contributed by atoms with Gasteiger partial charge in [-0.25, -0.2) is 0 Å². The summed E-state index contributed by atoms with van der Waals surface area (Å²) in [6.07, 6.45) is 0. The number of rotatable bonds is 4. The van der Waals surface area contributed by atoms with Crippen LogP contribution < -0.4 is 5.32 Å². The molecule has 0 saturated heterocycles. The molecule has 1 N–H and O–H groups in total. The molecule has 0 bridgehead atoms. The number of benzene rings is 1. The van der Waals surface area contributed by atoms with E-state index in [2.05, 4.69) is 33.1 Å². The van der Waals surface area contributed by atoms with E-state index in [0.717, 1.165) is 14.8 Å². The molecule has 0 atom stereocenters. The summed E-state index contributed by atoms with van der Waals surface area (Å²) in [6.45, 7) is 0.283. The standard InChI is InChI=1S/C15H10ClIN2O2S/c16-14-6-5-13(22-14)15(20)18-8-11-7-12(19-21-11)9-1-3-10(17)4-2-9/h1-7H,8H2,(H,18,20). The molecule has 1 aromatic carbocycles. The molecule has 7 heteroatoms. The largest absolute Gasteiger partial charge is 0.359 e. The second-order valence-electron chi connectivity index (χ2n) is 4.47. The molecule has 2 heterocycles. The minimum atomic E-state index is -0.177. The highest BCUT2D eigenvalue weighted by Gasteiger charge is 2.11. The summed E-state index contributed by atoms with van der Waals surface area (Å²) in [5.41, 5.74) is 1.73. The molecule has 0 fully saturated rings. The van der Waals surface area contributed by atoms with E-state index in [9.17, 15) is 4.79 Å². The van der Waals surface area contributed by atoms with Gasteiger partial charge in [-0.2, -0.15) is 0 Å². The van der Waals surface area contributed by atoms with Crippen LogP contribution in [-0.4, -0.2) is 11.1 Å². The summed E-state index contributed by atoms with van der Waals surface area (Å²) in [4.78, 5) is 12.5. The first-order valence-electron chi connectivity index (χ1n) is 6.37. The third kappa shape index (κ3) is 3.68. The number of hydrogen-bond acceptors (Lipinski definition) is 4. The van der Waals surface area contributed by atoms with Crippen molar-refractivity contribution in [3.8, 4) is 11.3 Å². The van der Waals surface area contributed by atoms with Gasteiger partial charge in [-0.1, -0.05) is 28.9 Å². The van der Waals surface area contributed by atoms with E-state index in [1.54, 1.807) is 12.1 Å². The van der Waals surface area contributed by atoms with Crippen molar-refractivity contribution in [2.75, 3.05) is 0 Å². The number of nitrogens with zero attached hydrogens (tertiary/aromatic N) is 1. The highest BCUT2D eigenvalue weighted by atomic mass is 127. The Hall–Kier alpha value is -1.38. The maximum Gasteiger partial charge on any atom is 0.261 e. The van der Waals surface area contributed by atoms with E-state index in [1.165, 1.54) is 11.3 Å². The Kier molecular flexibility index (Phi) is 4.80. The molecule has 0 spiro atoms. The smallest absolute Gasteiger partial charge is 0.261 e. The molecule has 0 unspecified atom stereocenters. The second kappa shape index (κ2) is 6.80. The number of halogens is 2. The van der Waals surface area contributed by atoms with E-state index < -0.39 is 0 Å². The number of nitrogens with one attached hydrogen (secondary N) is 1. The lowest BCUT2D eigenvalue weighted by Crippen LogP contribution is -2.21. The third-order valence-electron chi connectivity index (χ3n) is 2.92. The number of aromatic nitrogens is 1. The van der Waals surface area contributed by atoms with E-state index in [-0.39, 0.29) is 12.5 Å². The molecule has 2 aromatic heterocycles. The van der Waals surface area contributed by atoms with Gasteiger partial charge in [0.05, 0.1) is 15.8 Å². The zero-order valence-corrected chi connectivity index (χ0v) is 14.9. The first-order chi connectivity index (χ1) is 10.6. The van der Waals surface area contributed by atoms with Crippen LogP contribution in [0, 0.1) is 3.57 Å². The minimum absolute atomic E-state index is 0.177. The van der Waals surface area contributed by atoms with Gasteiger partial charge in [0.25, 0.3) is 5.91 Å². The molecular formula is C15H10ClIN2O2S. The zero-order chi connectivity index (χ0) is 15.5. The summed E-state index contributed by atoms with van der Waals surface area (Å²) >= 11 is 9.30. The van der Waals surface area contributed by atoms with Crippen LogP contribution in [0.5, 0.6) is 0 Å². The topological polar surface area (TPSA) is 55.1 Å². The Morgan fingerprint density at radius 1 is 1.27 bits per heavy atom. The summed E-state index contributed by atoms with van der Waals surface area (Å²) in [5.74, 6) is 0.425. The van der Waals surface area contributed by atoms with E-state index >= 15 is 0 Å². The molecule has 0 aliphatic carbocycles. The lowest BCUT2D eigenvalue weighted by Gasteiger charge is -1.99. The van der Waals surface area contributed by atoms with Crippen LogP contribution in [0.4, 0.5) is 0 Å². The SMILES string of the molecule is O=C(NCc1cc(-c2ccc(I)cc2)no1)c1ccc(Cl)s1. The van der Waals surface area contributed by atoms with Gasteiger partial charge in [-0.05, 0) is 46.9 Å². The van der Waals surface area contributed by atoms with Gasteiger partial charge in [0.15, 0.2) is 5.76 Å². The van der Waals surface area contributed by atoms with Crippen molar-refractivity contribution in [3.63, 3.8) is 0 Å². The van der Waals surface area contributed by atoms with Crippen molar-refractivity contribution in [1.29, 1.82) is 0 Å². The molecule has 0 radical (unpaired) electrons. The number of carbonyl (C=O) groups excluding carboxylic acids is 1. The fourth-order valence-corrected chi connectivity index (χ4v) is 3.16. The van der Waals surface area contributed by atoms with Crippen LogP contribution >= 0.6 is 45.5 Å². The molecule has 0 aliphatic rings. The fraction of sp³-hybridized carbons (Fsp3) is 0.0667. The maximum absolute atomic E-state index is 11.9. The van der Waals surface area contributed by atoms with Gasteiger partial charge in [0, 0.05) is 15.2 Å². The predicted octanol–water partition coefficient (Wildman–Crippen LogP) is 4.59. The lowest BCUT2D eigenvalue weighted by atomic mass is 10.1. The van der Waals surface area contributed by atoms with Gasteiger partial charge >= 0.3 is 0 Å². The summed E-state index contributed by atoms with van der Waals surface area (Å²) in [7, 11) is 0. The van der Waals surface area contributed by atoms with Crippen molar-refractivity contribution in [1.82, 2.24) is 10.5 Å². The summed E-state index contributed by atoms with van der Waals surface area (Å²) < 4.78 is 7.00. The van der Waals surface area contributed by atoms with E-state index in [0.29, 0.717) is 15.0 Å². The Bertz CT molecular complexity index is 798. The van der Waals surface area contributed by atoms with Crippen molar-refractivity contribution in [2.24, 2.45) is 0 Å². The molecule has 22 heavy (non-hydrogen) atoms. The van der Waals surface area contributed by atoms with Crippen molar-refractivity contribution < 1.29 is 9.32 Å². The molecule has 0 saturated carbocycles. The molecule has 1 amide bonds. The summed E-state index contributed by atoms with van der Waals surface area (Å²) in [6, 6.07) is 13.2. The van der Waals surface area contributed by atoms with Crippen LogP contribution in [0.3, 0.4) is 0 Å². The molecule has 3 rings (SSSR count). The van der Waals surface area contributed by atoms with Gasteiger partial charge in [0.2, 0.25) is 0 Å². The number of thiophene rings is 1. The first-order valence-corrected chi connectivity index (χ1v) is 8.64. The van der Waals surface area contributed by atoms with Crippen LogP contribution in [0.15, 0.2) is 47.0 Å². The summed E-state index contributed by atoms with van der Waals surface area (Å²) in [5, 5.41) is 6.80. The fourth-order valence-electron chi connectivity index (χ4n) is 1.84.